The minimum Gasteiger partial charge on any atom is -0.396 e. The van der Waals surface area contributed by atoms with Gasteiger partial charge in [-0.3, -0.25) is 9.69 Å². The SMILES string of the molecule is CNC(=O)C1CNCCN1CCCCO. The highest BCUT2D eigenvalue weighted by Gasteiger charge is 2.26. The first-order valence-corrected chi connectivity index (χ1v) is 5.57. The van der Waals surface area contributed by atoms with Gasteiger partial charge in [-0.25, -0.2) is 0 Å². The molecule has 15 heavy (non-hydrogen) atoms. The van der Waals surface area contributed by atoms with Gasteiger partial charge in [0, 0.05) is 33.3 Å². The van der Waals surface area contributed by atoms with Gasteiger partial charge >= 0.3 is 0 Å². The molecule has 1 aliphatic heterocycles. The van der Waals surface area contributed by atoms with E-state index in [2.05, 4.69) is 15.5 Å². The average molecular weight is 215 g/mol. The number of likely N-dealkylation sites (N-methyl/N-ethyl adjacent to an activating group) is 1. The standard InChI is InChI=1S/C10H21N3O2/c1-11-10(15)9-8-12-4-6-13(9)5-2-3-7-14/h9,12,14H,2-8H2,1H3,(H,11,15). The van der Waals surface area contributed by atoms with Crippen molar-refractivity contribution in [2.24, 2.45) is 0 Å². The number of aliphatic hydroxyl groups excluding tert-OH is 1. The van der Waals surface area contributed by atoms with E-state index >= 15 is 0 Å². The zero-order chi connectivity index (χ0) is 11.1. The number of unbranched alkanes of at least 4 members (excludes halogenated alkanes) is 1. The molecule has 0 spiro atoms. The first-order chi connectivity index (χ1) is 7.29. The maximum atomic E-state index is 11.6. The number of hydrogen-bond acceptors (Lipinski definition) is 4. The predicted molar refractivity (Wildman–Crippen MR) is 58.6 cm³/mol. The summed E-state index contributed by atoms with van der Waals surface area (Å²) < 4.78 is 0. The van der Waals surface area contributed by atoms with Gasteiger partial charge in [-0.15, -0.1) is 0 Å². The first-order valence-electron chi connectivity index (χ1n) is 5.57. The molecule has 0 bridgehead atoms. The van der Waals surface area contributed by atoms with E-state index in [1.807, 2.05) is 0 Å². The number of piperazine rings is 1. The monoisotopic (exact) mass is 215 g/mol. The summed E-state index contributed by atoms with van der Waals surface area (Å²) in [6, 6.07) is -0.0533. The molecule has 1 unspecified atom stereocenters. The maximum Gasteiger partial charge on any atom is 0.238 e. The molecule has 1 rings (SSSR count). The van der Waals surface area contributed by atoms with Crippen LogP contribution >= 0.6 is 0 Å². The van der Waals surface area contributed by atoms with Crippen LogP contribution in [0.25, 0.3) is 0 Å². The summed E-state index contributed by atoms with van der Waals surface area (Å²) in [5.41, 5.74) is 0. The van der Waals surface area contributed by atoms with Crippen LogP contribution < -0.4 is 10.6 Å². The number of nitrogens with zero attached hydrogens (tertiary/aromatic N) is 1. The number of nitrogens with one attached hydrogen (secondary N) is 2. The Balaban J connectivity index is 2.39. The van der Waals surface area contributed by atoms with Crippen molar-refractivity contribution in [1.82, 2.24) is 15.5 Å². The molecule has 0 aromatic rings. The molecule has 1 fully saturated rings. The first kappa shape index (κ1) is 12.4. The number of amides is 1. The lowest BCUT2D eigenvalue weighted by molar-refractivity contribution is -0.126. The Morgan fingerprint density at radius 3 is 3.07 bits per heavy atom. The van der Waals surface area contributed by atoms with E-state index in [0.29, 0.717) is 0 Å². The van der Waals surface area contributed by atoms with E-state index in [1.165, 1.54) is 0 Å². The van der Waals surface area contributed by atoms with E-state index in [9.17, 15) is 4.79 Å². The second kappa shape index (κ2) is 6.76. The Hall–Kier alpha value is -0.650. The Kier molecular flexibility index (Phi) is 5.60. The van der Waals surface area contributed by atoms with Gasteiger partial charge < -0.3 is 15.7 Å². The molecule has 5 heteroatoms. The third-order valence-corrected chi connectivity index (χ3v) is 2.76. The van der Waals surface area contributed by atoms with Crippen LogP contribution in [0.5, 0.6) is 0 Å². The molecule has 5 nitrogen and oxygen atoms in total. The van der Waals surface area contributed by atoms with E-state index < -0.39 is 0 Å². The fourth-order valence-electron chi connectivity index (χ4n) is 1.87. The fourth-order valence-corrected chi connectivity index (χ4v) is 1.87. The summed E-state index contributed by atoms with van der Waals surface area (Å²) >= 11 is 0. The molecular formula is C10H21N3O2. The van der Waals surface area contributed by atoms with Crippen LogP contribution in [0.1, 0.15) is 12.8 Å². The number of rotatable bonds is 5. The lowest BCUT2D eigenvalue weighted by Gasteiger charge is -2.34. The van der Waals surface area contributed by atoms with Crippen LogP contribution in [0.3, 0.4) is 0 Å². The molecule has 1 heterocycles. The Morgan fingerprint density at radius 2 is 2.40 bits per heavy atom. The van der Waals surface area contributed by atoms with Crippen molar-refractivity contribution in [1.29, 1.82) is 0 Å². The lowest BCUT2D eigenvalue weighted by Crippen LogP contribution is -2.57. The van der Waals surface area contributed by atoms with Gasteiger partial charge in [0.15, 0.2) is 0 Å². The van der Waals surface area contributed by atoms with Crippen molar-refractivity contribution >= 4 is 5.91 Å². The largest absolute Gasteiger partial charge is 0.396 e. The van der Waals surface area contributed by atoms with Crippen molar-refractivity contribution in [3.05, 3.63) is 0 Å². The second-order valence-electron chi connectivity index (χ2n) is 3.80. The summed E-state index contributed by atoms with van der Waals surface area (Å²) in [6.07, 6.45) is 1.76. The number of aliphatic hydroxyl groups is 1. The van der Waals surface area contributed by atoms with Crippen LogP contribution in [-0.4, -0.2) is 61.8 Å². The Bertz CT molecular complexity index is 199. The normalized spacial score (nSPS) is 22.7. The predicted octanol–water partition coefficient (Wildman–Crippen LogP) is -1.22. The van der Waals surface area contributed by atoms with Crippen LogP contribution in [0.2, 0.25) is 0 Å². The van der Waals surface area contributed by atoms with Gasteiger partial charge in [0.2, 0.25) is 5.91 Å². The van der Waals surface area contributed by atoms with Crippen LogP contribution in [0, 0.1) is 0 Å². The van der Waals surface area contributed by atoms with Crippen LogP contribution in [0.4, 0.5) is 0 Å². The number of hydrogen-bond donors (Lipinski definition) is 3. The quantitative estimate of drug-likeness (QED) is 0.503. The van der Waals surface area contributed by atoms with Gasteiger partial charge in [-0.2, -0.15) is 0 Å². The highest BCUT2D eigenvalue weighted by atomic mass is 16.2. The molecule has 0 aliphatic carbocycles. The third-order valence-electron chi connectivity index (χ3n) is 2.76. The molecule has 0 saturated carbocycles. The number of carbonyl (C=O) groups excluding carboxylic acids is 1. The Labute approximate surface area is 90.8 Å². The highest BCUT2D eigenvalue weighted by Crippen LogP contribution is 2.05. The summed E-state index contributed by atoms with van der Waals surface area (Å²) in [5.74, 6) is 0.0752. The molecule has 1 atom stereocenters. The van der Waals surface area contributed by atoms with E-state index in [1.54, 1.807) is 7.05 Å². The van der Waals surface area contributed by atoms with Gasteiger partial charge in [0.25, 0.3) is 0 Å². The summed E-state index contributed by atoms with van der Waals surface area (Å²) in [5, 5.41) is 14.6. The molecule has 88 valence electrons. The molecular weight excluding hydrogens is 194 g/mol. The second-order valence-corrected chi connectivity index (χ2v) is 3.80. The zero-order valence-corrected chi connectivity index (χ0v) is 9.33. The highest BCUT2D eigenvalue weighted by molar-refractivity contribution is 5.81. The molecule has 0 aromatic carbocycles. The summed E-state index contributed by atoms with van der Waals surface area (Å²) in [4.78, 5) is 13.8. The van der Waals surface area contributed by atoms with E-state index in [-0.39, 0.29) is 18.6 Å². The summed E-state index contributed by atoms with van der Waals surface area (Å²) in [7, 11) is 1.67. The van der Waals surface area contributed by atoms with Gasteiger partial charge in [-0.05, 0) is 19.4 Å². The van der Waals surface area contributed by atoms with Gasteiger partial charge in [0.1, 0.15) is 6.04 Å². The van der Waals surface area contributed by atoms with Crippen molar-refractivity contribution in [2.75, 3.05) is 39.8 Å². The van der Waals surface area contributed by atoms with Gasteiger partial charge in [-0.1, -0.05) is 0 Å². The smallest absolute Gasteiger partial charge is 0.238 e. The van der Waals surface area contributed by atoms with Gasteiger partial charge in [0.05, 0.1) is 0 Å². The molecule has 1 saturated heterocycles. The van der Waals surface area contributed by atoms with E-state index in [4.69, 9.17) is 5.11 Å². The molecule has 0 radical (unpaired) electrons. The zero-order valence-electron chi connectivity index (χ0n) is 9.33. The summed E-state index contributed by atoms with van der Waals surface area (Å²) in [6.45, 7) is 3.69. The maximum absolute atomic E-state index is 11.6. The average Bonchev–Trinajstić information content (AvgIpc) is 2.29. The van der Waals surface area contributed by atoms with E-state index in [0.717, 1.165) is 39.0 Å². The van der Waals surface area contributed by atoms with Crippen molar-refractivity contribution < 1.29 is 9.90 Å². The van der Waals surface area contributed by atoms with Crippen molar-refractivity contribution in [2.45, 2.75) is 18.9 Å². The molecule has 1 aliphatic rings. The van der Waals surface area contributed by atoms with Crippen molar-refractivity contribution in [3.8, 4) is 0 Å². The molecule has 0 aromatic heterocycles. The van der Waals surface area contributed by atoms with Crippen LogP contribution in [0.15, 0.2) is 0 Å². The lowest BCUT2D eigenvalue weighted by atomic mass is 10.1. The van der Waals surface area contributed by atoms with Crippen molar-refractivity contribution in [3.63, 3.8) is 0 Å². The minimum atomic E-state index is -0.0533. The van der Waals surface area contributed by atoms with Crippen LogP contribution in [-0.2, 0) is 4.79 Å². The fraction of sp³-hybridized carbons (Fsp3) is 0.900. The minimum absolute atomic E-state index is 0.0533. The topological polar surface area (TPSA) is 64.6 Å². The molecule has 3 N–H and O–H groups in total. The molecule has 1 amide bonds. The number of carbonyl (C=O) groups is 1. The third kappa shape index (κ3) is 3.77. The Morgan fingerprint density at radius 1 is 1.60 bits per heavy atom.